The van der Waals surface area contributed by atoms with E-state index in [2.05, 4.69) is 0 Å². The van der Waals surface area contributed by atoms with Crippen LogP contribution in [0.15, 0.2) is 24.3 Å². The Kier molecular flexibility index (Phi) is 4.92. The molecule has 1 fully saturated rings. The molecule has 2 rings (SSSR count). The second kappa shape index (κ2) is 6.45. The molecular formula is C13H15ClO3S. The minimum Gasteiger partial charge on any atom is -0.479 e. The van der Waals surface area contributed by atoms with Gasteiger partial charge in [0.1, 0.15) is 0 Å². The van der Waals surface area contributed by atoms with Crippen molar-refractivity contribution in [2.75, 3.05) is 5.75 Å². The van der Waals surface area contributed by atoms with E-state index in [9.17, 15) is 4.79 Å². The highest BCUT2D eigenvalue weighted by Gasteiger charge is 2.30. The van der Waals surface area contributed by atoms with Gasteiger partial charge in [-0.25, -0.2) is 4.79 Å². The fraction of sp³-hybridized carbons (Fsp3) is 0.462. The summed E-state index contributed by atoms with van der Waals surface area (Å²) in [7, 11) is 0. The summed E-state index contributed by atoms with van der Waals surface area (Å²) in [5.74, 6) is 0.890. The highest BCUT2D eigenvalue weighted by atomic mass is 35.5. The van der Waals surface area contributed by atoms with Crippen molar-refractivity contribution < 1.29 is 14.6 Å². The van der Waals surface area contributed by atoms with E-state index in [4.69, 9.17) is 21.4 Å². The second-order valence-corrected chi connectivity index (χ2v) is 5.77. The van der Waals surface area contributed by atoms with Crippen molar-refractivity contribution in [3.63, 3.8) is 0 Å². The third-order valence-electron chi connectivity index (χ3n) is 2.87. The molecule has 2 atom stereocenters. The number of benzene rings is 1. The number of carboxylic acids is 1. The molecule has 1 saturated heterocycles. The summed E-state index contributed by atoms with van der Waals surface area (Å²) >= 11 is 7.57. The van der Waals surface area contributed by atoms with E-state index in [0.29, 0.717) is 6.42 Å². The summed E-state index contributed by atoms with van der Waals surface area (Å²) in [6.07, 6.45) is 0.932. The van der Waals surface area contributed by atoms with Crippen LogP contribution in [0, 0.1) is 0 Å². The average Bonchev–Trinajstić information content (AvgIpc) is 2.81. The SMILES string of the molecule is O=C(O)C1CCC(CSCc2ccc(Cl)cc2)O1. The summed E-state index contributed by atoms with van der Waals surface area (Å²) in [5.41, 5.74) is 1.22. The number of carboxylic acid groups (broad SMARTS) is 1. The van der Waals surface area contributed by atoms with E-state index in [1.807, 2.05) is 24.3 Å². The van der Waals surface area contributed by atoms with Gasteiger partial charge in [0, 0.05) is 16.5 Å². The summed E-state index contributed by atoms with van der Waals surface area (Å²) in [6.45, 7) is 0. The number of halogens is 1. The highest BCUT2D eigenvalue weighted by molar-refractivity contribution is 7.98. The molecule has 0 aliphatic carbocycles. The Bertz CT molecular complexity index is 407. The first-order chi connectivity index (χ1) is 8.65. The van der Waals surface area contributed by atoms with Crippen molar-refractivity contribution in [2.45, 2.75) is 30.8 Å². The lowest BCUT2D eigenvalue weighted by molar-refractivity contribution is -0.148. The summed E-state index contributed by atoms with van der Waals surface area (Å²) in [5, 5.41) is 9.56. The van der Waals surface area contributed by atoms with Crippen molar-refractivity contribution >= 4 is 29.3 Å². The quantitative estimate of drug-likeness (QED) is 0.903. The molecule has 0 amide bonds. The monoisotopic (exact) mass is 286 g/mol. The Labute approximate surface area is 115 Å². The lowest BCUT2D eigenvalue weighted by atomic mass is 10.2. The van der Waals surface area contributed by atoms with Crippen molar-refractivity contribution in [2.24, 2.45) is 0 Å². The topological polar surface area (TPSA) is 46.5 Å². The number of ether oxygens (including phenoxy) is 1. The summed E-state index contributed by atoms with van der Waals surface area (Å²) < 4.78 is 5.44. The maximum absolute atomic E-state index is 10.7. The van der Waals surface area contributed by atoms with Crippen LogP contribution in [0.2, 0.25) is 5.02 Å². The maximum atomic E-state index is 10.7. The van der Waals surface area contributed by atoms with Gasteiger partial charge in [0.05, 0.1) is 6.10 Å². The fourth-order valence-electron chi connectivity index (χ4n) is 1.90. The van der Waals surface area contributed by atoms with Crippen LogP contribution in [-0.4, -0.2) is 29.0 Å². The molecule has 18 heavy (non-hydrogen) atoms. The largest absolute Gasteiger partial charge is 0.479 e. The van der Waals surface area contributed by atoms with Gasteiger partial charge in [0.2, 0.25) is 0 Å². The van der Waals surface area contributed by atoms with Gasteiger partial charge >= 0.3 is 5.97 Å². The number of hydrogen-bond acceptors (Lipinski definition) is 3. The molecular weight excluding hydrogens is 272 g/mol. The molecule has 98 valence electrons. The van der Waals surface area contributed by atoms with Crippen molar-refractivity contribution in [3.05, 3.63) is 34.9 Å². The van der Waals surface area contributed by atoms with Crippen LogP contribution in [0.4, 0.5) is 0 Å². The first kappa shape index (κ1) is 13.7. The number of carbonyl (C=O) groups is 1. The number of rotatable bonds is 5. The predicted molar refractivity (Wildman–Crippen MR) is 73.1 cm³/mol. The Balaban J connectivity index is 1.70. The van der Waals surface area contributed by atoms with Gasteiger partial charge in [0.15, 0.2) is 6.10 Å². The highest BCUT2D eigenvalue weighted by Crippen LogP contribution is 2.24. The van der Waals surface area contributed by atoms with E-state index in [0.717, 1.165) is 22.9 Å². The van der Waals surface area contributed by atoms with E-state index >= 15 is 0 Å². The Morgan fingerprint density at radius 1 is 1.39 bits per heavy atom. The smallest absolute Gasteiger partial charge is 0.332 e. The molecule has 0 saturated carbocycles. The molecule has 0 bridgehead atoms. The molecule has 5 heteroatoms. The van der Waals surface area contributed by atoms with Crippen molar-refractivity contribution in [1.29, 1.82) is 0 Å². The number of thioether (sulfide) groups is 1. The third-order valence-corrected chi connectivity index (χ3v) is 4.27. The van der Waals surface area contributed by atoms with Crippen LogP contribution in [0.1, 0.15) is 18.4 Å². The third kappa shape index (κ3) is 3.90. The van der Waals surface area contributed by atoms with E-state index in [-0.39, 0.29) is 6.10 Å². The van der Waals surface area contributed by atoms with Gasteiger partial charge in [-0.05, 0) is 30.5 Å². The van der Waals surface area contributed by atoms with Gasteiger partial charge in [-0.2, -0.15) is 11.8 Å². The molecule has 1 aromatic carbocycles. The maximum Gasteiger partial charge on any atom is 0.332 e. The molecule has 0 spiro atoms. The molecule has 2 unspecified atom stereocenters. The zero-order chi connectivity index (χ0) is 13.0. The van der Waals surface area contributed by atoms with Gasteiger partial charge < -0.3 is 9.84 Å². The van der Waals surface area contributed by atoms with Crippen LogP contribution in [-0.2, 0) is 15.3 Å². The van der Waals surface area contributed by atoms with Crippen molar-refractivity contribution in [3.8, 4) is 0 Å². The van der Waals surface area contributed by atoms with Gasteiger partial charge in [0.25, 0.3) is 0 Å². The van der Waals surface area contributed by atoms with Gasteiger partial charge in [-0.1, -0.05) is 23.7 Å². The molecule has 1 aliphatic rings. The molecule has 1 heterocycles. The lowest BCUT2D eigenvalue weighted by Crippen LogP contribution is -2.21. The van der Waals surface area contributed by atoms with Crippen LogP contribution in [0.25, 0.3) is 0 Å². The summed E-state index contributed by atoms with van der Waals surface area (Å²) in [4.78, 5) is 10.7. The molecule has 1 N–H and O–H groups in total. The molecule has 1 aliphatic heterocycles. The Hall–Kier alpha value is -0.710. The molecule has 1 aromatic rings. The number of hydrogen-bond donors (Lipinski definition) is 1. The molecule has 0 radical (unpaired) electrons. The van der Waals surface area contributed by atoms with Gasteiger partial charge in [-0.15, -0.1) is 0 Å². The minimum absolute atomic E-state index is 0.0726. The Morgan fingerprint density at radius 3 is 2.72 bits per heavy atom. The first-order valence-corrected chi connectivity index (χ1v) is 7.39. The van der Waals surface area contributed by atoms with Crippen molar-refractivity contribution in [1.82, 2.24) is 0 Å². The van der Waals surface area contributed by atoms with Crippen LogP contribution >= 0.6 is 23.4 Å². The van der Waals surface area contributed by atoms with E-state index < -0.39 is 12.1 Å². The molecule has 3 nitrogen and oxygen atoms in total. The average molecular weight is 287 g/mol. The van der Waals surface area contributed by atoms with Crippen LogP contribution < -0.4 is 0 Å². The molecule has 0 aromatic heterocycles. The first-order valence-electron chi connectivity index (χ1n) is 5.85. The van der Waals surface area contributed by atoms with Crippen LogP contribution in [0.3, 0.4) is 0 Å². The fourth-order valence-corrected chi connectivity index (χ4v) is 3.08. The number of aliphatic carboxylic acids is 1. The minimum atomic E-state index is -0.847. The summed E-state index contributed by atoms with van der Waals surface area (Å²) in [6, 6.07) is 7.77. The zero-order valence-corrected chi connectivity index (χ0v) is 11.4. The zero-order valence-electron chi connectivity index (χ0n) is 9.84. The normalized spacial score (nSPS) is 23.2. The standard InChI is InChI=1S/C13H15ClO3S/c14-10-3-1-9(2-4-10)7-18-8-11-5-6-12(17-11)13(15)16/h1-4,11-12H,5-8H2,(H,15,16). The van der Waals surface area contributed by atoms with Gasteiger partial charge in [-0.3, -0.25) is 0 Å². The Morgan fingerprint density at radius 2 is 2.11 bits per heavy atom. The van der Waals surface area contributed by atoms with E-state index in [1.165, 1.54) is 5.56 Å². The van der Waals surface area contributed by atoms with E-state index in [1.54, 1.807) is 11.8 Å². The van der Waals surface area contributed by atoms with Crippen LogP contribution in [0.5, 0.6) is 0 Å². The lowest BCUT2D eigenvalue weighted by Gasteiger charge is -2.10. The second-order valence-electron chi connectivity index (χ2n) is 4.30. The predicted octanol–water partition coefficient (Wildman–Crippen LogP) is 3.21.